The molecule has 50 heavy (non-hydrogen) atoms. The Labute approximate surface area is 294 Å². The molecule has 0 radical (unpaired) electrons. The van der Waals surface area contributed by atoms with Crippen LogP contribution in [0.4, 0.5) is 5.69 Å². The Balaban J connectivity index is 1.83. The number of carbonyl (C=O) groups is 2. The minimum absolute atomic E-state index is 0.0349. The lowest BCUT2D eigenvalue weighted by atomic mass is 9.94. The van der Waals surface area contributed by atoms with E-state index >= 15 is 0 Å². The fraction of sp³-hybridized carbons (Fsp3) is 0.316. The summed E-state index contributed by atoms with van der Waals surface area (Å²) in [6.45, 7) is 3.96. The number of primary amides is 1. The molecule has 0 aliphatic heterocycles. The molecule has 0 fully saturated rings. The number of ether oxygens (including phenoxy) is 2. The number of rotatable bonds is 16. The Morgan fingerprint density at radius 3 is 2.08 bits per heavy atom. The van der Waals surface area contributed by atoms with Gasteiger partial charge in [0.2, 0.25) is 15.9 Å². The number of nitrogens with zero attached hydrogens (tertiary/aromatic N) is 2. The fourth-order valence-corrected chi connectivity index (χ4v) is 6.28. The van der Waals surface area contributed by atoms with Crippen LogP contribution in [0, 0.1) is 0 Å². The van der Waals surface area contributed by atoms with E-state index in [1.54, 1.807) is 31.3 Å². The van der Waals surface area contributed by atoms with Gasteiger partial charge in [-0.3, -0.25) is 13.9 Å². The van der Waals surface area contributed by atoms with Crippen molar-refractivity contribution in [2.45, 2.75) is 44.5 Å². The molecule has 4 aromatic carbocycles. The highest BCUT2D eigenvalue weighted by Gasteiger charge is 2.35. The first-order chi connectivity index (χ1) is 23.7. The Morgan fingerprint density at radius 2 is 1.48 bits per heavy atom. The lowest BCUT2D eigenvalue weighted by molar-refractivity contribution is 0.0215. The second-order valence-electron chi connectivity index (χ2n) is 12.3. The summed E-state index contributed by atoms with van der Waals surface area (Å²) in [5.41, 5.74) is 8.37. The number of nitrogens with two attached hydrogens (primary N) is 1. The number of sulfonamides is 1. The number of carbonyl (C=O) groups excluding carboxylic acids is 2. The molecule has 0 aromatic heterocycles. The molecule has 2 amide bonds. The van der Waals surface area contributed by atoms with E-state index in [9.17, 15) is 23.1 Å². The van der Waals surface area contributed by atoms with Gasteiger partial charge < -0.3 is 30.5 Å². The zero-order valence-electron chi connectivity index (χ0n) is 29.2. The molecule has 0 saturated carbocycles. The summed E-state index contributed by atoms with van der Waals surface area (Å²) in [4.78, 5) is 28.9. The molecule has 0 unspecified atom stereocenters. The predicted molar refractivity (Wildman–Crippen MR) is 195 cm³/mol. The van der Waals surface area contributed by atoms with Crippen LogP contribution < -0.4 is 24.8 Å². The largest absolute Gasteiger partial charge is 0.497 e. The summed E-state index contributed by atoms with van der Waals surface area (Å²) in [7, 11) is 0.749. The second kappa shape index (κ2) is 16.7. The van der Waals surface area contributed by atoms with Crippen molar-refractivity contribution in [1.82, 2.24) is 10.2 Å². The van der Waals surface area contributed by atoms with Gasteiger partial charge in [-0.2, -0.15) is 0 Å². The van der Waals surface area contributed by atoms with Gasteiger partial charge in [-0.1, -0.05) is 54.6 Å². The van der Waals surface area contributed by atoms with Crippen molar-refractivity contribution in [3.63, 3.8) is 0 Å². The summed E-state index contributed by atoms with van der Waals surface area (Å²) >= 11 is 0. The van der Waals surface area contributed by atoms with Crippen LogP contribution in [0.25, 0.3) is 0 Å². The minimum atomic E-state index is -3.75. The van der Waals surface area contributed by atoms with E-state index in [-0.39, 0.29) is 35.8 Å². The molecule has 4 N–H and O–H groups in total. The Hall–Kier alpha value is -4.91. The van der Waals surface area contributed by atoms with Crippen molar-refractivity contribution in [3.8, 4) is 11.5 Å². The molecular formula is C38H46N4O7S. The number of hydrogen-bond acceptors (Lipinski definition) is 8. The summed E-state index contributed by atoms with van der Waals surface area (Å²) in [6.07, 6.45) is 0.232. The third-order valence-corrected chi connectivity index (χ3v) is 10.1. The van der Waals surface area contributed by atoms with E-state index in [1.807, 2.05) is 80.6 Å². The highest BCUT2D eigenvalue weighted by molar-refractivity contribution is 7.92. The van der Waals surface area contributed by atoms with Gasteiger partial charge in [-0.15, -0.1) is 0 Å². The van der Waals surface area contributed by atoms with Crippen LogP contribution in [0.1, 0.15) is 63.3 Å². The number of amides is 2. The number of methoxy groups -OCH3 is 2. The van der Waals surface area contributed by atoms with Crippen molar-refractivity contribution in [3.05, 3.63) is 125 Å². The van der Waals surface area contributed by atoms with Crippen molar-refractivity contribution < 1.29 is 32.6 Å². The molecule has 0 aliphatic carbocycles. The summed E-state index contributed by atoms with van der Waals surface area (Å²) in [5.74, 6) is -0.00425. The van der Waals surface area contributed by atoms with Gasteiger partial charge in [-0.05, 0) is 79.4 Å². The molecule has 0 saturated heterocycles. The Bertz CT molecular complexity index is 1870. The molecule has 0 aliphatic rings. The quantitative estimate of drug-likeness (QED) is 0.152. The van der Waals surface area contributed by atoms with Crippen molar-refractivity contribution >= 4 is 27.5 Å². The number of benzene rings is 4. The monoisotopic (exact) mass is 702 g/mol. The molecule has 0 heterocycles. The van der Waals surface area contributed by atoms with Crippen LogP contribution in [0.15, 0.2) is 97.1 Å². The topological polar surface area (TPSA) is 151 Å². The maximum Gasteiger partial charge on any atom is 0.254 e. The molecular weight excluding hydrogens is 657 g/mol. The molecule has 12 heteroatoms. The van der Waals surface area contributed by atoms with Gasteiger partial charge in [0.1, 0.15) is 11.5 Å². The molecule has 4 rings (SSSR count). The van der Waals surface area contributed by atoms with Gasteiger partial charge in [0.25, 0.3) is 5.91 Å². The maximum absolute atomic E-state index is 14.9. The van der Waals surface area contributed by atoms with E-state index in [0.717, 1.165) is 27.3 Å². The van der Waals surface area contributed by atoms with E-state index in [4.69, 9.17) is 15.2 Å². The number of hydrogen-bond donors (Lipinski definition) is 3. The normalized spacial score (nSPS) is 13.8. The van der Waals surface area contributed by atoms with Crippen LogP contribution in [0.2, 0.25) is 0 Å². The molecule has 266 valence electrons. The first kappa shape index (κ1) is 37.9. The molecule has 4 aromatic rings. The number of aliphatic hydroxyl groups excluding tert-OH is 1. The summed E-state index contributed by atoms with van der Waals surface area (Å²) < 4.78 is 36.7. The van der Waals surface area contributed by atoms with E-state index in [0.29, 0.717) is 11.5 Å². The standard InChI is InChI=1S/C38H46N4O7S/c1-25(29-13-10-14-34(23-29)49-5)40-24-36(43)35(19-27-11-8-7-9-12-27)42(26(2)28-15-17-33(48-4)18-16-28)38(45)31-20-30(37(39)44)21-32(22-31)41(3)50(6,46)47/h7-18,20-23,25-26,35-36,40,43H,19,24H2,1-6H3,(H2,39,44)/t25-,26-,35+,36-/m1/s1. The van der Waals surface area contributed by atoms with Crippen LogP contribution in [0.5, 0.6) is 11.5 Å². The third-order valence-electron chi connectivity index (χ3n) is 8.88. The van der Waals surface area contributed by atoms with Crippen molar-refractivity contribution in [1.29, 1.82) is 0 Å². The number of nitrogens with one attached hydrogen (secondary N) is 1. The van der Waals surface area contributed by atoms with Gasteiger partial charge in [0, 0.05) is 30.8 Å². The summed E-state index contributed by atoms with van der Waals surface area (Å²) in [6, 6.07) is 27.0. The zero-order chi connectivity index (χ0) is 36.6. The average molecular weight is 703 g/mol. The van der Waals surface area contributed by atoms with Gasteiger partial charge in [-0.25, -0.2) is 8.42 Å². The smallest absolute Gasteiger partial charge is 0.254 e. The molecule has 4 atom stereocenters. The Morgan fingerprint density at radius 1 is 0.840 bits per heavy atom. The highest BCUT2D eigenvalue weighted by atomic mass is 32.2. The highest BCUT2D eigenvalue weighted by Crippen LogP contribution is 2.31. The minimum Gasteiger partial charge on any atom is -0.497 e. The van der Waals surface area contributed by atoms with E-state index in [1.165, 1.54) is 25.2 Å². The van der Waals surface area contributed by atoms with Gasteiger partial charge in [0.15, 0.2) is 0 Å². The average Bonchev–Trinajstić information content (AvgIpc) is 3.12. The predicted octanol–water partition coefficient (Wildman–Crippen LogP) is 4.72. The van der Waals surface area contributed by atoms with Crippen molar-refractivity contribution in [2.24, 2.45) is 5.73 Å². The summed E-state index contributed by atoms with van der Waals surface area (Å²) in [5, 5.41) is 15.5. The molecule has 0 bridgehead atoms. The zero-order valence-corrected chi connectivity index (χ0v) is 30.1. The van der Waals surface area contributed by atoms with Crippen LogP contribution in [-0.2, 0) is 16.4 Å². The molecule has 11 nitrogen and oxygen atoms in total. The number of aliphatic hydroxyl groups is 1. The third kappa shape index (κ3) is 9.41. The van der Waals surface area contributed by atoms with Gasteiger partial charge >= 0.3 is 0 Å². The first-order valence-corrected chi connectivity index (χ1v) is 18.0. The van der Waals surface area contributed by atoms with Crippen molar-refractivity contribution in [2.75, 3.05) is 38.4 Å². The van der Waals surface area contributed by atoms with Crippen LogP contribution in [0.3, 0.4) is 0 Å². The lowest BCUT2D eigenvalue weighted by Crippen LogP contribution is -2.52. The lowest BCUT2D eigenvalue weighted by Gasteiger charge is -2.40. The Kier molecular flexibility index (Phi) is 12.6. The molecule has 0 spiro atoms. The SMILES string of the molecule is COc1ccc([C@@H](C)N(C(=O)c2cc(C(N)=O)cc(N(C)S(C)(=O)=O)c2)[C@@H](Cc2ccccc2)[C@H](O)CN[C@H](C)c2cccc(OC)c2)cc1. The van der Waals surface area contributed by atoms with Crippen LogP contribution >= 0.6 is 0 Å². The maximum atomic E-state index is 14.9. The van der Waals surface area contributed by atoms with Gasteiger partial charge in [0.05, 0.1) is 44.4 Å². The fourth-order valence-electron chi connectivity index (χ4n) is 5.79. The number of anilines is 1. The second-order valence-corrected chi connectivity index (χ2v) is 14.3. The first-order valence-electron chi connectivity index (χ1n) is 16.2. The van der Waals surface area contributed by atoms with Crippen LogP contribution in [-0.4, -0.2) is 76.5 Å². The van der Waals surface area contributed by atoms with E-state index in [2.05, 4.69) is 5.32 Å². The van der Waals surface area contributed by atoms with E-state index < -0.39 is 40.0 Å².